The molecule has 0 bridgehead atoms. The van der Waals surface area contributed by atoms with Crippen molar-refractivity contribution in [3.05, 3.63) is 82.9 Å². The lowest BCUT2D eigenvalue weighted by Gasteiger charge is -2.14. The lowest BCUT2D eigenvalue weighted by molar-refractivity contribution is 0.0460. The van der Waals surface area contributed by atoms with E-state index in [1.165, 1.54) is 5.57 Å². The standard InChI is InChI=1S/C29H39N5OS/c1-7-10-23(12-8-11-22(4)35-21(2)3)19-28-32-25-20-24(31-29(30)27-13-9-18-36-27)14-15-26(25)34(28)17-16-33(5)6/h7-11,13-15,18,20-22H,1,12,16-17,19H2,2-6H3,(H2,30,31)/b11-8-,23-10+. The van der Waals surface area contributed by atoms with Crippen molar-refractivity contribution in [2.75, 3.05) is 20.6 Å². The maximum Gasteiger partial charge on any atom is 0.141 e. The Morgan fingerprint density at radius 2 is 2.08 bits per heavy atom. The molecule has 0 aliphatic heterocycles. The molecule has 1 unspecified atom stereocenters. The molecule has 0 radical (unpaired) electrons. The van der Waals surface area contributed by atoms with Crippen molar-refractivity contribution < 1.29 is 4.74 Å². The quantitative estimate of drug-likeness (QED) is 0.132. The number of ether oxygens (including phenoxy) is 1. The van der Waals surface area contributed by atoms with E-state index in [1.807, 2.05) is 35.7 Å². The van der Waals surface area contributed by atoms with E-state index in [4.69, 9.17) is 15.5 Å². The highest BCUT2D eigenvalue weighted by Crippen LogP contribution is 2.25. The predicted molar refractivity (Wildman–Crippen MR) is 154 cm³/mol. The van der Waals surface area contributed by atoms with Gasteiger partial charge in [-0.3, -0.25) is 0 Å². The van der Waals surface area contributed by atoms with Crippen molar-refractivity contribution >= 4 is 33.9 Å². The molecule has 1 aromatic carbocycles. The van der Waals surface area contributed by atoms with Gasteiger partial charge in [0.05, 0.1) is 33.8 Å². The molecule has 0 fully saturated rings. The molecule has 2 N–H and O–H groups in total. The molecule has 0 amide bonds. The van der Waals surface area contributed by atoms with Gasteiger partial charge >= 0.3 is 0 Å². The Labute approximate surface area is 219 Å². The van der Waals surface area contributed by atoms with Gasteiger partial charge in [-0.05, 0) is 70.9 Å². The Balaban J connectivity index is 1.89. The lowest BCUT2D eigenvalue weighted by atomic mass is 10.1. The second-order valence-corrected chi connectivity index (χ2v) is 10.3. The van der Waals surface area contributed by atoms with Gasteiger partial charge in [-0.15, -0.1) is 11.3 Å². The van der Waals surface area contributed by atoms with Crippen molar-refractivity contribution in [2.24, 2.45) is 10.7 Å². The number of aliphatic imine (C=N–C) groups is 1. The number of likely N-dealkylation sites (N-methyl/N-ethyl adjacent to an activating group) is 1. The molecule has 3 rings (SSSR count). The van der Waals surface area contributed by atoms with Crippen molar-refractivity contribution in [1.29, 1.82) is 0 Å². The van der Waals surface area contributed by atoms with Crippen molar-refractivity contribution in [3.8, 4) is 0 Å². The van der Waals surface area contributed by atoms with E-state index in [2.05, 4.69) is 80.2 Å². The van der Waals surface area contributed by atoms with Crippen LogP contribution in [0.5, 0.6) is 0 Å². The average molecular weight is 506 g/mol. The highest BCUT2D eigenvalue weighted by Gasteiger charge is 2.13. The predicted octanol–water partition coefficient (Wildman–Crippen LogP) is 6.11. The van der Waals surface area contributed by atoms with Crippen molar-refractivity contribution in [2.45, 2.75) is 52.4 Å². The molecule has 0 spiro atoms. The highest BCUT2D eigenvalue weighted by atomic mass is 32.1. The van der Waals surface area contributed by atoms with Crippen LogP contribution >= 0.6 is 11.3 Å². The highest BCUT2D eigenvalue weighted by molar-refractivity contribution is 7.12. The Bertz CT molecular complexity index is 1220. The Morgan fingerprint density at radius 3 is 2.75 bits per heavy atom. The number of rotatable bonds is 13. The number of hydrogen-bond donors (Lipinski definition) is 1. The van der Waals surface area contributed by atoms with Gasteiger partial charge in [-0.2, -0.15) is 0 Å². The fourth-order valence-corrected chi connectivity index (χ4v) is 4.62. The molecule has 6 nitrogen and oxygen atoms in total. The smallest absolute Gasteiger partial charge is 0.141 e. The van der Waals surface area contributed by atoms with Gasteiger partial charge in [0.2, 0.25) is 0 Å². The maximum absolute atomic E-state index is 6.22. The monoisotopic (exact) mass is 505 g/mol. The van der Waals surface area contributed by atoms with Crippen molar-refractivity contribution in [1.82, 2.24) is 14.5 Å². The van der Waals surface area contributed by atoms with E-state index < -0.39 is 0 Å². The Kier molecular flexibility index (Phi) is 10.2. The fourth-order valence-electron chi connectivity index (χ4n) is 4.00. The molecule has 3 aromatic rings. The SMILES string of the molecule is C=C/C=C(\C/C=C\C(C)OC(C)C)Cc1nc2cc(N=C(N)c3cccs3)ccc2n1CCN(C)C. The number of amidine groups is 1. The fraction of sp³-hybridized carbons (Fsp3) is 0.379. The first-order valence-electron chi connectivity index (χ1n) is 12.4. The van der Waals surface area contributed by atoms with Crippen molar-refractivity contribution in [3.63, 3.8) is 0 Å². The molecule has 0 saturated heterocycles. The van der Waals surface area contributed by atoms with Crippen LogP contribution in [0.1, 0.15) is 37.9 Å². The van der Waals surface area contributed by atoms with Crippen LogP contribution in [-0.4, -0.2) is 53.1 Å². The summed E-state index contributed by atoms with van der Waals surface area (Å²) in [5.74, 6) is 1.56. The van der Waals surface area contributed by atoms with E-state index in [-0.39, 0.29) is 12.2 Å². The normalized spacial score (nSPS) is 14.0. The van der Waals surface area contributed by atoms with Gasteiger partial charge < -0.3 is 19.9 Å². The van der Waals surface area contributed by atoms with Gasteiger partial charge in [-0.25, -0.2) is 9.98 Å². The molecule has 36 heavy (non-hydrogen) atoms. The number of fused-ring (bicyclic) bond motifs is 1. The topological polar surface area (TPSA) is 68.7 Å². The first-order chi connectivity index (χ1) is 17.3. The number of nitrogens with two attached hydrogens (primary N) is 1. The number of imidazole rings is 1. The summed E-state index contributed by atoms with van der Waals surface area (Å²) in [5, 5.41) is 2.00. The number of nitrogens with zero attached hydrogens (tertiary/aromatic N) is 4. The minimum Gasteiger partial charge on any atom is -0.383 e. The largest absolute Gasteiger partial charge is 0.383 e. The molecule has 7 heteroatoms. The van der Waals surface area contributed by atoms with Gasteiger partial charge in [0.25, 0.3) is 0 Å². The van der Waals surface area contributed by atoms with E-state index >= 15 is 0 Å². The minimum absolute atomic E-state index is 0.0836. The number of aromatic nitrogens is 2. The zero-order valence-corrected chi connectivity index (χ0v) is 23.0. The van der Waals surface area contributed by atoms with Crippen LogP contribution in [0.4, 0.5) is 5.69 Å². The van der Waals surface area contributed by atoms with Crippen LogP contribution in [0, 0.1) is 0 Å². The summed E-state index contributed by atoms with van der Waals surface area (Å²) < 4.78 is 8.14. The summed E-state index contributed by atoms with van der Waals surface area (Å²) in [4.78, 5) is 12.8. The first kappa shape index (κ1) is 27.6. The summed E-state index contributed by atoms with van der Waals surface area (Å²) in [6.07, 6.45) is 10.1. The van der Waals surface area contributed by atoms with Gasteiger partial charge in [0, 0.05) is 19.5 Å². The maximum atomic E-state index is 6.22. The van der Waals surface area contributed by atoms with E-state index in [0.717, 1.165) is 53.4 Å². The summed E-state index contributed by atoms with van der Waals surface area (Å²) in [7, 11) is 4.18. The van der Waals surface area contributed by atoms with Crippen LogP contribution < -0.4 is 5.73 Å². The third kappa shape index (κ3) is 8.01. The molecule has 0 aliphatic carbocycles. The van der Waals surface area contributed by atoms with Crippen LogP contribution in [0.2, 0.25) is 0 Å². The number of hydrogen-bond acceptors (Lipinski definition) is 5. The summed E-state index contributed by atoms with van der Waals surface area (Å²) in [5.41, 5.74) is 10.3. The summed E-state index contributed by atoms with van der Waals surface area (Å²) in [6.45, 7) is 11.9. The average Bonchev–Trinajstić information content (AvgIpc) is 3.45. The van der Waals surface area contributed by atoms with Crippen LogP contribution in [0.15, 0.2) is 77.2 Å². The second kappa shape index (κ2) is 13.3. The van der Waals surface area contributed by atoms with Crippen LogP contribution in [0.25, 0.3) is 11.0 Å². The first-order valence-corrected chi connectivity index (χ1v) is 13.3. The third-order valence-corrected chi connectivity index (χ3v) is 6.51. The van der Waals surface area contributed by atoms with E-state index in [1.54, 1.807) is 11.3 Å². The second-order valence-electron chi connectivity index (χ2n) is 9.39. The molecule has 2 aromatic heterocycles. The van der Waals surface area contributed by atoms with Crippen LogP contribution in [-0.2, 0) is 17.7 Å². The molecule has 1 atom stereocenters. The zero-order valence-electron chi connectivity index (χ0n) is 22.1. The molecular weight excluding hydrogens is 466 g/mol. The number of benzene rings is 1. The molecule has 2 heterocycles. The molecule has 0 aliphatic rings. The van der Waals surface area contributed by atoms with Crippen LogP contribution in [0.3, 0.4) is 0 Å². The minimum atomic E-state index is 0.0836. The Hall–Kier alpha value is -3.00. The summed E-state index contributed by atoms with van der Waals surface area (Å²) in [6, 6.07) is 10.1. The Morgan fingerprint density at radius 1 is 1.28 bits per heavy atom. The summed E-state index contributed by atoms with van der Waals surface area (Å²) >= 11 is 1.58. The molecule has 192 valence electrons. The van der Waals surface area contributed by atoms with E-state index in [0.29, 0.717) is 5.84 Å². The lowest BCUT2D eigenvalue weighted by Crippen LogP contribution is -2.19. The van der Waals surface area contributed by atoms with Gasteiger partial charge in [-0.1, -0.05) is 42.5 Å². The van der Waals surface area contributed by atoms with Gasteiger partial charge in [0.15, 0.2) is 0 Å². The third-order valence-electron chi connectivity index (χ3n) is 5.62. The number of allylic oxidation sites excluding steroid dienone is 4. The number of thiophene rings is 1. The van der Waals surface area contributed by atoms with Gasteiger partial charge in [0.1, 0.15) is 11.7 Å². The molecule has 0 saturated carbocycles. The zero-order chi connectivity index (χ0) is 26.1. The molecular formula is C29H39N5OS. The van der Waals surface area contributed by atoms with E-state index in [9.17, 15) is 0 Å².